The largest absolute Gasteiger partial charge is 0.480 e. The molecule has 0 unspecified atom stereocenters. The summed E-state index contributed by atoms with van der Waals surface area (Å²) in [6.45, 7) is 0.698. The number of aliphatic carboxylic acids is 1. The number of amides is 2. The van der Waals surface area contributed by atoms with Crippen molar-refractivity contribution in [3.8, 4) is 0 Å². The van der Waals surface area contributed by atoms with Crippen LogP contribution in [0.5, 0.6) is 0 Å². The second kappa shape index (κ2) is 4.18. The van der Waals surface area contributed by atoms with Crippen LogP contribution in [0.25, 0.3) is 0 Å². The average molecular weight is 221 g/mol. The molecular formula is C10H11N3O3. The van der Waals surface area contributed by atoms with Gasteiger partial charge in [-0.3, -0.25) is 14.7 Å². The minimum absolute atomic E-state index is 0.250. The fraction of sp³-hybridized carbons (Fsp3) is 0.300. The Hall–Kier alpha value is -2.11. The topological polar surface area (TPSA) is 73.7 Å². The summed E-state index contributed by atoms with van der Waals surface area (Å²) in [5.74, 6) is -0.995. The summed E-state index contributed by atoms with van der Waals surface area (Å²) in [5, 5.41) is 8.63. The highest BCUT2D eigenvalue weighted by Gasteiger charge is 2.30. The van der Waals surface area contributed by atoms with Crippen molar-refractivity contribution in [2.75, 3.05) is 24.5 Å². The van der Waals surface area contributed by atoms with Crippen LogP contribution in [0.4, 0.5) is 10.5 Å². The van der Waals surface area contributed by atoms with Crippen molar-refractivity contribution in [3.05, 3.63) is 24.5 Å². The van der Waals surface area contributed by atoms with Gasteiger partial charge in [0.1, 0.15) is 6.54 Å². The van der Waals surface area contributed by atoms with E-state index in [0.717, 1.165) is 5.69 Å². The SMILES string of the molecule is O=C(O)CN1CCN(c2ccncc2)C1=O. The van der Waals surface area contributed by atoms with Gasteiger partial charge in [-0.05, 0) is 12.1 Å². The summed E-state index contributed by atoms with van der Waals surface area (Å²) in [4.78, 5) is 29.0. The van der Waals surface area contributed by atoms with Crippen LogP contribution in [-0.2, 0) is 4.79 Å². The molecule has 0 radical (unpaired) electrons. The molecule has 1 aromatic heterocycles. The van der Waals surface area contributed by atoms with E-state index in [9.17, 15) is 9.59 Å². The molecule has 1 N–H and O–H groups in total. The molecule has 1 aromatic rings. The molecule has 0 aromatic carbocycles. The molecular weight excluding hydrogens is 210 g/mol. The fourth-order valence-electron chi connectivity index (χ4n) is 1.66. The van der Waals surface area contributed by atoms with Crippen LogP contribution in [0.2, 0.25) is 0 Å². The first-order valence-electron chi connectivity index (χ1n) is 4.87. The maximum atomic E-state index is 11.8. The molecule has 0 aliphatic carbocycles. The number of carbonyl (C=O) groups is 2. The number of hydrogen-bond acceptors (Lipinski definition) is 3. The normalized spacial score (nSPS) is 15.6. The lowest BCUT2D eigenvalue weighted by Gasteiger charge is -2.16. The fourth-order valence-corrected chi connectivity index (χ4v) is 1.66. The maximum Gasteiger partial charge on any atom is 0.325 e. The predicted molar refractivity (Wildman–Crippen MR) is 56.2 cm³/mol. The van der Waals surface area contributed by atoms with Crippen molar-refractivity contribution in [2.45, 2.75) is 0 Å². The number of carboxylic acids is 1. The highest BCUT2D eigenvalue weighted by Crippen LogP contribution is 2.18. The van der Waals surface area contributed by atoms with Crippen LogP contribution in [0.15, 0.2) is 24.5 Å². The van der Waals surface area contributed by atoms with Crippen LogP contribution >= 0.6 is 0 Å². The van der Waals surface area contributed by atoms with E-state index in [-0.39, 0.29) is 12.6 Å². The van der Waals surface area contributed by atoms with Crippen molar-refractivity contribution in [1.29, 1.82) is 0 Å². The van der Waals surface area contributed by atoms with Gasteiger partial charge >= 0.3 is 12.0 Å². The number of anilines is 1. The Morgan fingerprint density at radius 2 is 2.06 bits per heavy atom. The molecule has 16 heavy (non-hydrogen) atoms. The standard InChI is InChI=1S/C10H11N3O3/c14-9(15)7-12-5-6-13(10(12)16)8-1-3-11-4-2-8/h1-4H,5-7H2,(H,14,15). The summed E-state index contributed by atoms with van der Waals surface area (Å²) in [6.07, 6.45) is 3.20. The van der Waals surface area contributed by atoms with E-state index < -0.39 is 5.97 Å². The first kappa shape index (κ1) is 10.4. The third-order valence-corrected chi connectivity index (χ3v) is 2.40. The molecule has 84 valence electrons. The first-order valence-corrected chi connectivity index (χ1v) is 4.87. The van der Waals surface area contributed by atoms with Gasteiger partial charge in [0.2, 0.25) is 0 Å². The quantitative estimate of drug-likeness (QED) is 0.802. The molecule has 1 saturated heterocycles. The molecule has 6 nitrogen and oxygen atoms in total. The van der Waals surface area contributed by atoms with E-state index in [1.807, 2.05) is 0 Å². The lowest BCUT2D eigenvalue weighted by Crippen LogP contribution is -2.35. The van der Waals surface area contributed by atoms with Crippen molar-refractivity contribution in [2.24, 2.45) is 0 Å². The van der Waals surface area contributed by atoms with Gasteiger partial charge in [-0.2, -0.15) is 0 Å². The van der Waals surface area contributed by atoms with Crippen molar-refractivity contribution in [3.63, 3.8) is 0 Å². The predicted octanol–water partition coefficient (Wildman–Crippen LogP) is 0.408. The molecule has 0 atom stereocenters. The molecule has 1 aliphatic rings. The molecule has 2 heterocycles. The molecule has 0 saturated carbocycles. The molecule has 1 aliphatic heterocycles. The Kier molecular flexibility index (Phi) is 2.72. The van der Waals surface area contributed by atoms with Crippen LogP contribution in [-0.4, -0.2) is 46.6 Å². The Balaban J connectivity index is 2.11. The van der Waals surface area contributed by atoms with Crippen molar-refractivity contribution < 1.29 is 14.7 Å². The van der Waals surface area contributed by atoms with Crippen LogP contribution in [0.3, 0.4) is 0 Å². The Labute approximate surface area is 92.1 Å². The van der Waals surface area contributed by atoms with Crippen LogP contribution < -0.4 is 4.90 Å². The maximum absolute atomic E-state index is 11.8. The van der Waals surface area contributed by atoms with Gasteiger partial charge in [-0.15, -0.1) is 0 Å². The summed E-state index contributed by atoms with van der Waals surface area (Å²) < 4.78 is 0. The number of urea groups is 1. The van der Waals surface area contributed by atoms with E-state index in [0.29, 0.717) is 13.1 Å². The number of aromatic nitrogens is 1. The Morgan fingerprint density at radius 1 is 1.38 bits per heavy atom. The second-order valence-corrected chi connectivity index (χ2v) is 3.45. The lowest BCUT2D eigenvalue weighted by molar-refractivity contribution is -0.137. The van der Waals surface area contributed by atoms with Crippen LogP contribution in [0, 0.1) is 0 Å². The van der Waals surface area contributed by atoms with E-state index in [2.05, 4.69) is 4.98 Å². The first-order chi connectivity index (χ1) is 7.68. The number of nitrogens with zero attached hydrogens (tertiary/aromatic N) is 3. The van der Waals surface area contributed by atoms with E-state index >= 15 is 0 Å². The minimum Gasteiger partial charge on any atom is -0.480 e. The smallest absolute Gasteiger partial charge is 0.325 e. The van der Waals surface area contributed by atoms with Gasteiger partial charge in [0.15, 0.2) is 0 Å². The molecule has 0 spiro atoms. The van der Waals surface area contributed by atoms with E-state index in [1.165, 1.54) is 4.90 Å². The summed E-state index contributed by atoms with van der Waals surface area (Å²) in [5.41, 5.74) is 0.743. The van der Waals surface area contributed by atoms with Gasteiger partial charge < -0.3 is 10.0 Å². The lowest BCUT2D eigenvalue weighted by atomic mass is 10.4. The number of carbonyl (C=O) groups excluding carboxylic acids is 1. The number of rotatable bonds is 3. The number of carboxylic acid groups (broad SMARTS) is 1. The van der Waals surface area contributed by atoms with Gasteiger partial charge in [0, 0.05) is 31.2 Å². The van der Waals surface area contributed by atoms with Gasteiger partial charge in [0.05, 0.1) is 0 Å². The third-order valence-electron chi connectivity index (χ3n) is 2.40. The van der Waals surface area contributed by atoms with Crippen LogP contribution in [0.1, 0.15) is 0 Å². The van der Waals surface area contributed by atoms with Gasteiger partial charge in [0.25, 0.3) is 0 Å². The molecule has 2 rings (SSSR count). The second-order valence-electron chi connectivity index (χ2n) is 3.45. The summed E-state index contributed by atoms with van der Waals surface area (Å²) >= 11 is 0. The average Bonchev–Trinajstić information content (AvgIpc) is 2.61. The molecule has 2 amide bonds. The zero-order valence-electron chi connectivity index (χ0n) is 8.54. The van der Waals surface area contributed by atoms with Gasteiger partial charge in [-0.1, -0.05) is 0 Å². The number of pyridine rings is 1. The molecule has 1 fully saturated rings. The number of hydrogen-bond donors (Lipinski definition) is 1. The third kappa shape index (κ3) is 1.95. The highest BCUT2D eigenvalue weighted by molar-refractivity contribution is 5.95. The zero-order chi connectivity index (χ0) is 11.5. The molecule has 0 bridgehead atoms. The highest BCUT2D eigenvalue weighted by atomic mass is 16.4. The molecule has 6 heteroatoms. The van der Waals surface area contributed by atoms with Gasteiger partial charge in [-0.25, -0.2) is 4.79 Å². The van der Waals surface area contributed by atoms with Crippen molar-refractivity contribution in [1.82, 2.24) is 9.88 Å². The Morgan fingerprint density at radius 3 is 2.69 bits per heavy atom. The van der Waals surface area contributed by atoms with E-state index in [4.69, 9.17) is 5.11 Å². The Bertz CT molecular complexity index is 407. The minimum atomic E-state index is -0.995. The summed E-state index contributed by atoms with van der Waals surface area (Å²) in [7, 11) is 0. The monoisotopic (exact) mass is 221 g/mol. The zero-order valence-corrected chi connectivity index (χ0v) is 8.54. The van der Waals surface area contributed by atoms with E-state index in [1.54, 1.807) is 29.4 Å². The van der Waals surface area contributed by atoms with Crippen molar-refractivity contribution >= 4 is 17.7 Å². The summed E-state index contributed by atoms with van der Waals surface area (Å²) in [6, 6.07) is 3.18.